The molecule has 1 atom stereocenters. The Morgan fingerprint density at radius 1 is 1.22 bits per heavy atom. The van der Waals surface area contributed by atoms with E-state index in [2.05, 4.69) is 5.32 Å². The average Bonchev–Trinajstić information content (AvgIpc) is 3.14. The van der Waals surface area contributed by atoms with Crippen LogP contribution in [0.1, 0.15) is 28.9 Å². The highest BCUT2D eigenvalue weighted by Gasteiger charge is 2.43. The van der Waals surface area contributed by atoms with E-state index in [1.807, 2.05) is 0 Å². The van der Waals surface area contributed by atoms with Gasteiger partial charge in [0, 0.05) is 24.9 Å². The Bertz CT molecular complexity index is 1160. The number of amides is 3. The van der Waals surface area contributed by atoms with Gasteiger partial charge < -0.3 is 15.0 Å². The molecular weight excluding hydrogens is 416 g/mol. The molecule has 2 aliphatic heterocycles. The minimum atomic E-state index is -0.815. The molecule has 0 bridgehead atoms. The predicted octanol–water partition coefficient (Wildman–Crippen LogP) is 2.77. The van der Waals surface area contributed by atoms with Crippen molar-refractivity contribution in [1.29, 1.82) is 0 Å². The SMILES string of the molecule is CCOC(=O)c1ccc(N2CC3=C(C2=O)[C@H](c2cccc([N+](=O)[O-])c2)NC(=O)N3C)cc1. The average molecular weight is 436 g/mol. The van der Waals surface area contributed by atoms with E-state index in [1.54, 1.807) is 44.3 Å². The molecule has 2 heterocycles. The molecule has 2 aromatic carbocycles. The molecule has 0 saturated carbocycles. The van der Waals surface area contributed by atoms with Crippen LogP contribution >= 0.6 is 0 Å². The number of hydrogen-bond acceptors (Lipinski definition) is 6. The molecule has 0 spiro atoms. The molecular formula is C22H20N4O6. The number of ether oxygens (including phenoxy) is 1. The summed E-state index contributed by atoms with van der Waals surface area (Å²) in [6.07, 6.45) is 0. The summed E-state index contributed by atoms with van der Waals surface area (Å²) in [6, 6.07) is 11.1. The summed E-state index contributed by atoms with van der Waals surface area (Å²) in [7, 11) is 1.56. The number of anilines is 1. The minimum absolute atomic E-state index is 0.130. The number of nitrogens with one attached hydrogen (secondary N) is 1. The number of non-ortho nitro benzene ring substituents is 1. The summed E-state index contributed by atoms with van der Waals surface area (Å²) in [6.45, 7) is 2.13. The Balaban J connectivity index is 1.67. The van der Waals surface area contributed by atoms with Gasteiger partial charge in [0.05, 0.1) is 41.0 Å². The van der Waals surface area contributed by atoms with Crippen molar-refractivity contribution in [2.45, 2.75) is 13.0 Å². The molecule has 4 rings (SSSR count). The maximum absolute atomic E-state index is 13.4. The number of nitrogens with zero attached hydrogens (tertiary/aromatic N) is 3. The van der Waals surface area contributed by atoms with Crippen molar-refractivity contribution in [3.63, 3.8) is 0 Å². The number of hydrogen-bond donors (Lipinski definition) is 1. The number of carbonyl (C=O) groups excluding carboxylic acids is 3. The third kappa shape index (κ3) is 3.55. The first kappa shape index (κ1) is 21.0. The lowest BCUT2D eigenvalue weighted by Crippen LogP contribution is -2.45. The Kier molecular flexibility index (Phi) is 5.35. The van der Waals surface area contributed by atoms with Crippen LogP contribution in [0, 0.1) is 10.1 Å². The van der Waals surface area contributed by atoms with Crippen LogP contribution in [-0.4, -0.2) is 47.9 Å². The topological polar surface area (TPSA) is 122 Å². The maximum atomic E-state index is 13.4. The van der Waals surface area contributed by atoms with Gasteiger partial charge in [0.2, 0.25) is 0 Å². The van der Waals surface area contributed by atoms with Gasteiger partial charge in [-0.2, -0.15) is 0 Å². The quantitative estimate of drug-likeness (QED) is 0.437. The minimum Gasteiger partial charge on any atom is -0.462 e. The van der Waals surface area contributed by atoms with Gasteiger partial charge in [-0.25, -0.2) is 9.59 Å². The second-order valence-electron chi connectivity index (χ2n) is 7.31. The summed E-state index contributed by atoms with van der Waals surface area (Å²) in [5.41, 5.74) is 2.10. The summed E-state index contributed by atoms with van der Waals surface area (Å²) in [5, 5.41) is 13.9. The van der Waals surface area contributed by atoms with Gasteiger partial charge in [0.25, 0.3) is 11.6 Å². The summed E-state index contributed by atoms with van der Waals surface area (Å²) >= 11 is 0. The monoisotopic (exact) mass is 436 g/mol. The van der Waals surface area contributed by atoms with Crippen LogP contribution in [0.15, 0.2) is 59.8 Å². The number of nitro benzene ring substituents is 1. The highest BCUT2D eigenvalue weighted by atomic mass is 16.6. The van der Waals surface area contributed by atoms with E-state index in [4.69, 9.17) is 4.74 Å². The van der Waals surface area contributed by atoms with E-state index < -0.39 is 23.0 Å². The zero-order valence-corrected chi connectivity index (χ0v) is 17.4. The van der Waals surface area contributed by atoms with Crippen molar-refractivity contribution < 1.29 is 24.0 Å². The lowest BCUT2D eigenvalue weighted by molar-refractivity contribution is -0.384. The van der Waals surface area contributed by atoms with E-state index in [1.165, 1.54) is 28.0 Å². The number of rotatable bonds is 5. The third-order valence-electron chi connectivity index (χ3n) is 5.46. The molecule has 10 nitrogen and oxygen atoms in total. The van der Waals surface area contributed by atoms with Crippen LogP contribution in [0.5, 0.6) is 0 Å². The predicted molar refractivity (Wildman–Crippen MR) is 114 cm³/mol. The standard InChI is InChI=1S/C22H20N4O6/c1-3-32-21(28)13-7-9-15(10-8-13)25-12-17-18(20(25)27)19(23-22(29)24(17)2)14-5-4-6-16(11-14)26(30)31/h4-11,19H,3,12H2,1-2H3,(H,23,29)/t19-/m0/s1. The first-order valence-electron chi connectivity index (χ1n) is 9.92. The Labute approximate surface area is 183 Å². The zero-order valence-electron chi connectivity index (χ0n) is 17.4. The number of nitro groups is 1. The largest absolute Gasteiger partial charge is 0.462 e. The van der Waals surface area contributed by atoms with E-state index in [0.717, 1.165) is 0 Å². The van der Waals surface area contributed by atoms with Crippen LogP contribution in [0.3, 0.4) is 0 Å². The number of benzene rings is 2. The third-order valence-corrected chi connectivity index (χ3v) is 5.46. The molecule has 0 unspecified atom stereocenters. The molecule has 164 valence electrons. The van der Waals surface area contributed by atoms with E-state index in [0.29, 0.717) is 28.1 Å². The van der Waals surface area contributed by atoms with E-state index in [-0.39, 0.29) is 24.7 Å². The van der Waals surface area contributed by atoms with Crippen molar-refractivity contribution in [2.75, 3.05) is 25.1 Å². The summed E-state index contributed by atoms with van der Waals surface area (Å²) in [5.74, 6) is -0.781. The van der Waals surface area contributed by atoms with Crippen molar-refractivity contribution >= 4 is 29.3 Å². The normalized spacial score (nSPS) is 17.9. The Hall–Kier alpha value is -4.21. The first-order valence-corrected chi connectivity index (χ1v) is 9.92. The highest BCUT2D eigenvalue weighted by molar-refractivity contribution is 6.12. The van der Waals surface area contributed by atoms with Crippen LogP contribution in [-0.2, 0) is 9.53 Å². The van der Waals surface area contributed by atoms with Crippen molar-refractivity contribution in [3.05, 3.63) is 81.0 Å². The molecule has 0 saturated heterocycles. The fourth-order valence-corrected chi connectivity index (χ4v) is 3.84. The molecule has 0 radical (unpaired) electrons. The fourth-order valence-electron chi connectivity index (χ4n) is 3.84. The molecule has 2 aromatic rings. The van der Waals surface area contributed by atoms with Crippen molar-refractivity contribution in [2.24, 2.45) is 0 Å². The van der Waals surface area contributed by atoms with Crippen molar-refractivity contribution in [1.82, 2.24) is 10.2 Å². The molecule has 0 aromatic heterocycles. The van der Waals surface area contributed by atoms with Gasteiger partial charge in [-0.15, -0.1) is 0 Å². The fraction of sp³-hybridized carbons (Fsp3) is 0.227. The highest BCUT2D eigenvalue weighted by Crippen LogP contribution is 2.38. The number of likely N-dealkylation sites (N-methyl/N-ethyl adjacent to an activating group) is 1. The molecule has 3 amide bonds. The van der Waals surface area contributed by atoms with Gasteiger partial charge in [-0.05, 0) is 36.8 Å². The zero-order chi connectivity index (χ0) is 23.0. The molecule has 0 fully saturated rings. The molecule has 0 aliphatic carbocycles. The number of esters is 1. The number of carbonyl (C=O) groups is 3. The summed E-state index contributed by atoms with van der Waals surface area (Å²) < 4.78 is 4.98. The van der Waals surface area contributed by atoms with Gasteiger partial charge >= 0.3 is 12.0 Å². The molecule has 32 heavy (non-hydrogen) atoms. The van der Waals surface area contributed by atoms with Gasteiger partial charge in [0.1, 0.15) is 0 Å². The summed E-state index contributed by atoms with van der Waals surface area (Å²) in [4.78, 5) is 51.3. The molecule has 2 aliphatic rings. The van der Waals surface area contributed by atoms with E-state index >= 15 is 0 Å². The molecule has 10 heteroatoms. The lowest BCUT2D eigenvalue weighted by atomic mass is 9.95. The Morgan fingerprint density at radius 3 is 2.59 bits per heavy atom. The van der Waals surface area contributed by atoms with E-state index in [9.17, 15) is 24.5 Å². The maximum Gasteiger partial charge on any atom is 0.338 e. The van der Waals surface area contributed by atoms with Crippen LogP contribution in [0.4, 0.5) is 16.2 Å². The second kappa shape index (κ2) is 8.14. The Morgan fingerprint density at radius 2 is 1.94 bits per heavy atom. The number of urea groups is 1. The van der Waals surface area contributed by atoms with Gasteiger partial charge in [-0.3, -0.25) is 19.8 Å². The van der Waals surface area contributed by atoms with Crippen LogP contribution < -0.4 is 10.2 Å². The first-order chi connectivity index (χ1) is 15.3. The van der Waals surface area contributed by atoms with Gasteiger partial charge in [-0.1, -0.05) is 12.1 Å². The lowest BCUT2D eigenvalue weighted by Gasteiger charge is -2.30. The molecule has 1 N–H and O–H groups in total. The smallest absolute Gasteiger partial charge is 0.338 e. The van der Waals surface area contributed by atoms with Gasteiger partial charge in [0.15, 0.2) is 0 Å². The van der Waals surface area contributed by atoms with Crippen molar-refractivity contribution in [3.8, 4) is 0 Å². The van der Waals surface area contributed by atoms with Crippen LogP contribution in [0.25, 0.3) is 0 Å². The van der Waals surface area contributed by atoms with Crippen LogP contribution in [0.2, 0.25) is 0 Å². The second-order valence-corrected chi connectivity index (χ2v) is 7.31.